The molecule has 0 N–H and O–H groups in total. The fourth-order valence-electron chi connectivity index (χ4n) is 1.71. The summed E-state index contributed by atoms with van der Waals surface area (Å²) in [5, 5.41) is 0. The molecule has 0 radical (unpaired) electrons. The van der Waals surface area contributed by atoms with E-state index in [1.807, 2.05) is 27.7 Å². The van der Waals surface area contributed by atoms with Gasteiger partial charge in [-0.25, -0.2) is 0 Å². The largest absolute Gasteiger partial charge is 0.0683 e. The second-order valence-electron chi connectivity index (χ2n) is 4.43. The lowest BCUT2D eigenvalue weighted by molar-refractivity contribution is 0.835. The highest BCUT2D eigenvalue weighted by Crippen LogP contribution is 2.23. The van der Waals surface area contributed by atoms with Crippen LogP contribution >= 0.6 is 0 Å². The normalized spacial score (nSPS) is 9.35. The van der Waals surface area contributed by atoms with E-state index in [-0.39, 0.29) is 0 Å². The summed E-state index contributed by atoms with van der Waals surface area (Å²) in [6.07, 6.45) is 0. The summed E-state index contributed by atoms with van der Waals surface area (Å²) in [5.41, 5.74) is 4.35. The lowest BCUT2D eigenvalue weighted by atomic mass is 9.93. The Hall–Kier alpha value is -0.780. The Balaban J connectivity index is 0. The standard InChI is InChI=1S/C13H20.2C2H6/c1-9(2)12-6-7-13(10(3)4)11(5)8-12;2*1-2/h6-10H,1-5H3;2*1-2H3. The van der Waals surface area contributed by atoms with E-state index in [1.54, 1.807) is 0 Å². The zero-order valence-electron chi connectivity index (χ0n) is 13.4. The minimum absolute atomic E-state index is 0.639. The Morgan fingerprint density at radius 2 is 1.24 bits per heavy atom. The molecule has 0 aliphatic carbocycles. The fraction of sp³-hybridized carbons (Fsp3) is 0.647. The molecule has 0 unspecified atom stereocenters. The molecule has 0 saturated heterocycles. The van der Waals surface area contributed by atoms with Gasteiger partial charge in [-0.3, -0.25) is 0 Å². The number of aryl methyl sites for hydroxylation is 1. The number of hydrogen-bond acceptors (Lipinski definition) is 0. The van der Waals surface area contributed by atoms with E-state index in [4.69, 9.17) is 0 Å². The zero-order chi connectivity index (χ0) is 14.0. The van der Waals surface area contributed by atoms with Crippen molar-refractivity contribution in [2.45, 2.75) is 74.1 Å². The van der Waals surface area contributed by atoms with Crippen molar-refractivity contribution in [3.63, 3.8) is 0 Å². The molecule has 0 aliphatic heterocycles. The zero-order valence-corrected chi connectivity index (χ0v) is 13.4. The fourth-order valence-corrected chi connectivity index (χ4v) is 1.71. The van der Waals surface area contributed by atoms with Crippen LogP contribution in [0.2, 0.25) is 0 Å². The average molecular weight is 236 g/mol. The molecule has 0 bridgehead atoms. The maximum absolute atomic E-state index is 2.32. The number of benzene rings is 1. The van der Waals surface area contributed by atoms with Crippen molar-refractivity contribution in [3.8, 4) is 0 Å². The van der Waals surface area contributed by atoms with Crippen molar-refractivity contribution in [3.05, 3.63) is 34.9 Å². The van der Waals surface area contributed by atoms with Gasteiger partial charge < -0.3 is 0 Å². The van der Waals surface area contributed by atoms with Gasteiger partial charge in [-0.1, -0.05) is 73.6 Å². The summed E-state index contributed by atoms with van der Waals surface area (Å²) in [6, 6.07) is 6.85. The molecule has 0 spiro atoms. The van der Waals surface area contributed by atoms with E-state index in [0.29, 0.717) is 11.8 Å². The molecule has 100 valence electrons. The molecule has 1 rings (SSSR count). The van der Waals surface area contributed by atoms with Crippen molar-refractivity contribution in [1.29, 1.82) is 0 Å². The monoisotopic (exact) mass is 236 g/mol. The molecule has 0 atom stereocenters. The molecule has 0 amide bonds. The van der Waals surface area contributed by atoms with Crippen molar-refractivity contribution < 1.29 is 0 Å². The van der Waals surface area contributed by atoms with E-state index in [2.05, 4.69) is 52.8 Å². The maximum Gasteiger partial charge on any atom is -0.0216 e. The summed E-state index contributed by atoms with van der Waals surface area (Å²) in [7, 11) is 0. The molecule has 0 aromatic heterocycles. The average Bonchev–Trinajstić information content (AvgIpc) is 2.33. The topological polar surface area (TPSA) is 0 Å². The maximum atomic E-state index is 2.32. The molecule has 0 heteroatoms. The van der Waals surface area contributed by atoms with E-state index in [1.165, 1.54) is 16.7 Å². The van der Waals surface area contributed by atoms with Gasteiger partial charge in [-0.15, -0.1) is 0 Å². The third kappa shape index (κ3) is 6.51. The highest BCUT2D eigenvalue weighted by molar-refractivity contribution is 5.34. The molecular weight excluding hydrogens is 204 g/mol. The van der Waals surface area contributed by atoms with Crippen LogP contribution < -0.4 is 0 Å². The molecule has 1 aromatic rings. The molecular formula is C17H32. The van der Waals surface area contributed by atoms with E-state index >= 15 is 0 Å². The van der Waals surface area contributed by atoms with Gasteiger partial charge in [0.15, 0.2) is 0 Å². The van der Waals surface area contributed by atoms with Crippen LogP contribution in [0.5, 0.6) is 0 Å². The van der Waals surface area contributed by atoms with Crippen molar-refractivity contribution >= 4 is 0 Å². The summed E-state index contributed by atoms with van der Waals surface area (Å²) in [6.45, 7) is 19.2. The van der Waals surface area contributed by atoms with E-state index < -0.39 is 0 Å². The van der Waals surface area contributed by atoms with Crippen LogP contribution in [0.1, 0.15) is 83.9 Å². The van der Waals surface area contributed by atoms with Gasteiger partial charge >= 0.3 is 0 Å². The molecule has 17 heavy (non-hydrogen) atoms. The molecule has 0 saturated carbocycles. The SMILES string of the molecule is CC.CC.Cc1cc(C(C)C)ccc1C(C)C. The predicted molar refractivity (Wildman–Crippen MR) is 82.1 cm³/mol. The summed E-state index contributed by atoms with van der Waals surface area (Å²) in [5.74, 6) is 1.28. The lowest BCUT2D eigenvalue weighted by Crippen LogP contribution is -1.95. The van der Waals surface area contributed by atoms with Crippen molar-refractivity contribution in [1.82, 2.24) is 0 Å². The molecule has 0 heterocycles. The van der Waals surface area contributed by atoms with Gasteiger partial charge in [0.05, 0.1) is 0 Å². The van der Waals surface area contributed by atoms with Crippen molar-refractivity contribution in [2.24, 2.45) is 0 Å². The first-order valence-electron chi connectivity index (χ1n) is 7.12. The van der Waals surface area contributed by atoms with Gasteiger partial charge in [0.1, 0.15) is 0 Å². The third-order valence-corrected chi connectivity index (χ3v) is 2.58. The summed E-state index contributed by atoms with van der Waals surface area (Å²) < 4.78 is 0. The third-order valence-electron chi connectivity index (χ3n) is 2.58. The first kappa shape index (κ1) is 18.6. The van der Waals surface area contributed by atoms with Gasteiger partial charge in [0, 0.05) is 0 Å². The molecule has 1 aromatic carbocycles. The van der Waals surface area contributed by atoms with Crippen LogP contribution in [0.3, 0.4) is 0 Å². The Labute approximate surface area is 109 Å². The molecule has 0 fully saturated rings. The first-order chi connectivity index (χ1) is 8.02. The van der Waals surface area contributed by atoms with Crippen LogP contribution in [-0.4, -0.2) is 0 Å². The van der Waals surface area contributed by atoms with Gasteiger partial charge in [0.2, 0.25) is 0 Å². The van der Waals surface area contributed by atoms with Crippen LogP contribution in [0.4, 0.5) is 0 Å². The smallest absolute Gasteiger partial charge is 0.0216 e. The number of rotatable bonds is 2. The highest BCUT2D eigenvalue weighted by Gasteiger charge is 2.05. The van der Waals surface area contributed by atoms with E-state index in [0.717, 1.165) is 0 Å². The van der Waals surface area contributed by atoms with Crippen LogP contribution in [0.25, 0.3) is 0 Å². The highest BCUT2D eigenvalue weighted by atomic mass is 14.1. The van der Waals surface area contributed by atoms with Crippen LogP contribution in [0.15, 0.2) is 18.2 Å². The summed E-state index contributed by atoms with van der Waals surface area (Å²) in [4.78, 5) is 0. The quantitative estimate of drug-likeness (QED) is 0.565. The van der Waals surface area contributed by atoms with Crippen molar-refractivity contribution in [2.75, 3.05) is 0 Å². The molecule has 0 nitrogen and oxygen atoms in total. The minimum atomic E-state index is 0.639. The van der Waals surface area contributed by atoms with Crippen LogP contribution in [-0.2, 0) is 0 Å². The predicted octanol–water partition coefficient (Wildman–Crippen LogP) is 6.29. The van der Waals surface area contributed by atoms with Crippen LogP contribution in [0, 0.1) is 6.92 Å². The van der Waals surface area contributed by atoms with E-state index in [9.17, 15) is 0 Å². The second-order valence-corrected chi connectivity index (χ2v) is 4.43. The molecule has 0 aliphatic rings. The Morgan fingerprint density at radius 1 is 0.765 bits per heavy atom. The van der Waals surface area contributed by atoms with Gasteiger partial charge in [-0.05, 0) is 35.4 Å². The van der Waals surface area contributed by atoms with Gasteiger partial charge in [-0.2, -0.15) is 0 Å². The Kier molecular flexibility index (Phi) is 11.3. The Bertz CT molecular complexity index is 282. The Morgan fingerprint density at radius 3 is 1.53 bits per heavy atom. The number of hydrogen-bond donors (Lipinski definition) is 0. The summed E-state index contributed by atoms with van der Waals surface area (Å²) >= 11 is 0. The van der Waals surface area contributed by atoms with Gasteiger partial charge in [0.25, 0.3) is 0 Å². The lowest BCUT2D eigenvalue weighted by Gasteiger charge is -2.13. The minimum Gasteiger partial charge on any atom is -0.0683 e. The first-order valence-corrected chi connectivity index (χ1v) is 7.12. The second kappa shape index (κ2) is 10.4.